The molecule has 23 heavy (non-hydrogen) atoms. The van der Waals surface area contributed by atoms with E-state index >= 15 is 0 Å². The van der Waals surface area contributed by atoms with Crippen LogP contribution in [0.2, 0.25) is 0 Å². The van der Waals surface area contributed by atoms with Crippen molar-refractivity contribution >= 4 is 65.1 Å². The van der Waals surface area contributed by atoms with Gasteiger partial charge in [0.1, 0.15) is 0 Å². The molecule has 0 saturated carbocycles. The van der Waals surface area contributed by atoms with Crippen LogP contribution >= 0.6 is 15.9 Å². The fourth-order valence-corrected chi connectivity index (χ4v) is 4.40. The van der Waals surface area contributed by atoms with Gasteiger partial charge in [0.25, 0.3) is 0 Å². The zero-order valence-electron chi connectivity index (χ0n) is 12.1. The van der Waals surface area contributed by atoms with Crippen LogP contribution in [-0.2, 0) is 0 Å². The smallest absolute Gasteiger partial charge is 0.0731 e. The first-order valence-corrected chi connectivity index (χ1v) is 8.46. The number of fused-ring (bicyclic) bond motifs is 8. The van der Waals surface area contributed by atoms with E-state index in [0.717, 1.165) is 4.47 Å². The van der Waals surface area contributed by atoms with Gasteiger partial charge in [-0.15, -0.1) is 0 Å². The van der Waals surface area contributed by atoms with Crippen LogP contribution in [0.15, 0.2) is 65.1 Å². The zero-order valence-corrected chi connectivity index (χ0v) is 13.7. The van der Waals surface area contributed by atoms with Crippen molar-refractivity contribution in [3.05, 3.63) is 65.1 Å². The van der Waals surface area contributed by atoms with Crippen LogP contribution in [0, 0.1) is 0 Å². The van der Waals surface area contributed by atoms with Gasteiger partial charge < -0.3 is 9.38 Å². The molecule has 2 aromatic carbocycles. The Hall–Kier alpha value is -2.52. The standard InChI is InChI=1S/C20H11BrN2/c21-11-8-9-15-14(10-11)18-19(22-15)17-7-3-6-16-12-4-1-2-5-13(12)20(18)23(16)17/h1-10,22H. The summed E-state index contributed by atoms with van der Waals surface area (Å²) >= 11 is 3.62. The molecule has 6 rings (SSSR count). The van der Waals surface area contributed by atoms with Crippen LogP contribution in [0.5, 0.6) is 0 Å². The maximum Gasteiger partial charge on any atom is 0.0731 e. The van der Waals surface area contributed by atoms with E-state index in [0.29, 0.717) is 0 Å². The van der Waals surface area contributed by atoms with Gasteiger partial charge in [0.05, 0.1) is 22.1 Å². The Bertz CT molecular complexity index is 1370. The van der Waals surface area contributed by atoms with E-state index in [9.17, 15) is 0 Å². The Morgan fingerprint density at radius 3 is 2.52 bits per heavy atom. The van der Waals surface area contributed by atoms with Gasteiger partial charge >= 0.3 is 0 Å². The summed E-state index contributed by atoms with van der Waals surface area (Å²) in [5.74, 6) is 0. The highest BCUT2D eigenvalue weighted by Crippen LogP contribution is 2.42. The molecule has 108 valence electrons. The molecular formula is C20H11BrN2. The highest BCUT2D eigenvalue weighted by molar-refractivity contribution is 9.10. The van der Waals surface area contributed by atoms with E-state index in [1.807, 2.05) is 0 Å². The SMILES string of the molecule is Brc1ccc2[nH]c3c(c2c1)c1c2ccccc2c2cccc3n21. The Labute approximate surface area is 139 Å². The first kappa shape index (κ1) is 12.0. The van der Waals surface area contributed by atoms with Crippen molar-refractivity contribution < 1.29 is 0 Å². The number of H-pyrrole nitrogens is 1. The van der Waals surface area contributed by atoms with Gasteiger partial charge in [-0.05, 0) is 30.3 Å². The summed E-state index contributed by atoms with van der Waals surface area (Å²) in [4.78, 5) is 3.62. The number of halogens is 1. The van der Waals surface area contributed by atoms with Gasteiger partial charge in [0.15, 0.2) is 0 Å². The molecule has 0 bridgehead atoms. The topological polar surface area (TPSA) is 20.2 Å². The molecule has 0 aliphatic carbocycles. The van der Waals surface area contributed by atoms with Crippen LogP contribution in [0.1, 0.15) is 0 Å². The van der Waals surface area contributed by atoms with Crippen molar-refractivity contribution in [1.82, 2.24) is 9.38 Å². The Morgan fingerprint density at radius 2 is 1.61 bits per heavy atom. The number of nitrogens with zero attached hydrogens (tertiary/aromatic N) is 1. The van der Waals surface area contributed by atoms with Crippen molar-refractivity contribution in [2.75, 3.05) is 0 Å². The normalized spacial score (nSPS) is 12.6. The van der Waals surface area contributed by atoms with E-state index in [-0.39, 0.29) is 0 Å². The Kier molecular flexibility index (Phi) is 2.01. The first-order valence-electron chi connectivity index (χ1n) is 7.67. The molecule has 0 aliphatic rings. The Balaban J connectivity index is 2.08. The molecule has 0 amide bonds. The summed E-state index contributed by atoms with van der Waals surface area (Å²) in [5.41, 5.74) is 6.25. The second-order valence-corrected chi connectivity index (χ2v) is 7.01. The third-order valence-corrected chi connectivity index (χ3v) is 5.42. The van der Waals surface area contributed by atoms with E-state index in [1.165, 1.54) is 49.1 Å². The minimum absolute atomic E-state index is 1.11. The van der Waals surface area contributed by atoms with E-state index < -0.39 is 0 Å². The fraction of sp³-hybridized carbons (Fsp3) is 0. The molecule has 4 aromatic heterocycles. The molecule has 0 saturated heterocycles. The summed E-state index contributed by atoms with van der Waals surface area (Å²) in [7, 11) is 0. The van der Waals surface area contributed by atoms with Gasteiger partial charge in [-0.25, -0.2) is 0 Å². The van der Waals surface area contributed by atoms with Gasteiger partial charge in [-0.1, -0.05) is 46.3 Å². The van der Waals surface area contributed by atoms with Crippen molar-refractivity contribution in [3.8, 4) is 0 Å². The van der Waals surface area contributed by atoms with Crippen LogP contribution in [0.25, 0.3) is 49.1 Å². The van der Waals surface area contributed by atoms with Crippen LogP contribution in [0.3, 0.4) is 0 Å². The maximum absolute atomic E-state index is 3.62. The maximum atomic E-state index is 3.62. The number of nitrogens with one attached hydrogen (secondary N) is 1. The lowest BCUT2D eigenvalue weighted by Crippen LogP contribution is -1.81. The van der Waals surface area contributed by atoms with Crippen molar-refractivity contribution in [3.63, 3.8) is 0 Å². The van der Waals surface area contributed by atoms with Crippen molar-refractivity contribution in [2.45, 2.75) is 0 Å². The number of hydrogen-bond acceptors (Lipinski definition) is 0. The largest absolute Gasteiger partial charge is 0.353 e. The van der Waals surface area contributed by atoms with E-state index in [2.05, 4.69) is 86.0 Å². The van der Waals surface area contributed by atoms with Crippen LogP contribution < -0.4 is 0 Å². The fourth-order valence-electron chi connectivity index (χ4n) is 4.04. The number of benzene rings is 2. The van der Waals surface area contributed by atoms with Gasteiger partial charge in [0.2, 0.25) is 0 Å². The number of pyridine rings is 1. The second kappa shape index (κ2) is 3.87. The van der Waals surface area contributed by atoms with Crippen molar-refractivity contribution in [1.29, 1.82) is 0 Å². The average Bonchev–Trinajstić information content (AvgIpc) is 3.20. The van der Waals surface area contributed by atoms with Gasteiger partial charge in [-0.2, -0.15) is 0 Å². The highest BCUT2D eigenvalue weighted by Gasteiger charge is 2.19. The predicted molar refractivity (Wildman–Crippen MR) is 101 cm³/mol. The summed E-state index contributed by atoms with van der Waals surface area (Å²) in [6.45, 7) is 0. The van der Waals surface area contributed by atoms with E-state index in [1.54, 1.807) is 0 Å². The summed E-state index contributed by atoms with van der Waals surface area (Å²) in [5, 5.41) is 5.23. The lowest BCUT2D eigenvalue weighted by atomic mass is 10.1. The monoisotopic (exact) mass is 358 g/mol. The molecular weight excluding hydrogens is 348 g/mol. The van der Waals surface area contributed by atoms with Gasteiger partial charge in [0, 0.05) is 31.5 Å². The Morgan fingerprint density at radius 1 is 0.783 bits per heavy atom. The number of hydrogen-bond donors (Lipinski definition) is 1. The first-order chi connectivity index (χ1) is 11.3. The third-order valence-electron chi connectivity index (χ3n) is 4.93. The highest BCUT2D eigenvalue weighted by atomic mass is 79.9. The lowest BCUT2D eigenvalue weighted by Gasteiger charge is -1.97. The molecule has 0 fully saturated rings. The van der Waals surface area contributed by atoms with Crippen molar-refractivity contribution in [2.24, 2.45) is 0 Å². The number of rotatable bonds is 0. The minimum atomic E-state index is 1.11. The van der Waals surface area contributed by atoms with E-state index in [4.69, 9.17) is 0 Å². The molecule has 0 unspecified atom stereocenters. The molecule has 6 aromatic rings. The predicted octanol–water partition coefficient (Wildman–Crippen LogP) is 6.08. The summed E-state index contributed by atoms with van der Waals surface area (Å²) in [6.07, 6.45) is 0. The molecule has 1 N–H and O–H groups in total. The molecule has 0 aliphatic heterocycles. The number of aromatic nitrogens is 2. The average molecular weight is 359 g/mol. The zero-order chi connectivity index (χ0) is 15.1. The molecule has 4 heterocycles. The molecule has 0 atom stereocenters. The van der Waals surface area contributed by atoms with Gasteiger partial charge in [-0.3, -0.25) is 0 Å². The minimum Gasteiger partial charge on any atom is -0.353 e. The second-order valence-electron chi connectivity index (χ2n) is 6.09. The summed E-state index contributed by atoms with van der Waals surface area (Å²) < 4.78 is 3.51. The summed E-state index contributed by atoms with van der Waals surface area (Å²) in [6, 6.07) is 21.7. The van der Waals surface area contributed by atoms with Crippen LogP contribution in [-0.4, -0.2) is 9.38 Å². The number of aromatic amines is 1. The van der Waals surface area contributed by atoms with Crippen LogP contribution in [0.4, 0.5) is 0 Å². The molecule has 3 heteroatoms. The molecule has 0 radical (unpaired) electrons. The third kappa shape index (κ3) is 1.31. The lowest BCUT2D eigenvalue weighted by molar-refractivity contribution is 1.35. The molecule has 2 nitrogen and oxygen atoms in total. The molecule has 0 spiro atoms. The quantitative estimate of drug-likeness (QED) is 0.339.